The van der Waals surface area contributed by atoms with Crippen LogP contribution in [0.15, 0.2) is 41.6 Å². The molecular weight excluding hydrogens is 498 g/mol. The van der Waals surface area contributed by atoms with Crippen LogP contribution < -0.4 is 16.2 Å². The number of carbonyl (C=O) groups is 2. The summed E-state index contributed by atoms with van der Waals surface area (Å²) in [6.07, 6.45) is 11.3. The molecule has 0 bridgehead atoms. The van der Waals surface area contributed by atoms with Gasteiger partial charge in [0.25, 0.3) is 5.56 Å². The molecule has 2 aliphatic carbocycles. The van der Waals surface area contributed by atoms with Crippen LogP contribution in [0, 0.1) is 5.92 Å². The molecule has 3 amide bonds. The van der Waals surface area contributed by atoms with Gasteiger partial charge in [-0.2, -0.15) is 5.10 Å². The topological polar surface area (TPSA) is 134 Å². The number of anilines is 1. The number of carbonyl (C=O) groups excluding carboxylic acids is 2. The summed E-state index contributed by atoms with van der Waals surface area (Å²) in [5, 5.41) is 21.8. The average molecular weight is 534 g/mol. The molecular formula is C28H35N7O4. The average Bonchev–Trinajstić information content (AvgIpc) is 3.70. The van der Waals surface area contributed by atoms with Crippen molar-refractivity contribution < 1.29 is 14.7 Å². The minimum absolute atomic E-state index is 0.120. The third kappa shape index (κ3) is 5.54. The van der Waals surface area contributed by atoms with E-state index in [1.165, 1.54) is 23.5 Å². The highest BCUT2D eigenvalue weighted by molar-refractivity contribution is 5.89. The molecule has 6 rings (SSSR count). The summed E-state index contributed by atoms with van der Waals surface area (Å²) >= 11 is 0. The molecule has 39 heavy (non-hydrogen) atoms. The molecule has 11 nitrogen and oxygen atoms in total. The molecule has 2 saturated carbocycles. The lowest BCUT2D eigenvalue weighted by Gasteiger charge is -2.38. The van der Waals surface area contributed by atoms with Crippen molar-refractivity contribution in [1.82, 2.24) is 29.5 Å². The molecule has 3 aromatic rings. The van der Waals surface area contributed by atoms with Crippen LogP contribution in [-0.2, 0) is 11.3 Å². The molecule has 0 unspecified atom stereocenters. The summed E-state index contributed by atoms with van der Waals surface area (Å²) in [4.78, 5) is 44.3. The van der Waals surface area contributed by atoms with Gasteiger partial charge in [0.1, 0.15) is 11.7 Å². The standard InChI is InChI=1S/C28H35N7O4/c36-25(19-6-7-19)33-14-12-28(39,13-15-33)17-34-18-29-24-23(26(34)37)16-30-35(24)22-10-8-21(9-11-22)32-27(38)31-20-4-2-1-3-5-20/h8-11,16,18-20,39H,1-7,12-15,17H2,(H2,31,32,38). The van der Waals surface area contributed by atoms with Crippen molar-refractivity contribution in [3.8, 4) is 5.69 Å². The van der Waals surface area contributed by atoms with Gasteiger partial charge in [-0.3, -0.25) is 14.2 Å². The van der Waals surface area contributed by atoms with Crippen LogP contribution in [0.5, 0.6) is 0 Å². The van der Waals surface area contributed by atoms with Crippen LogP contribution in [0.25, 0.3) is 16.7 Å². The molecule has 3 aliphatic rings. The van der Waals surface area contributed by atoms with Gasteiger partial charge in [-0.1, -0.05) is 19.3 Å². The highest BCUT2D eigenvalue weighted by atomic mass is 16.3. The predicted molar refractivity (Wildman–Crippen MR) is 146 cm³/mol. The number of rotatable bonds is 6. The summed E-state index contributed by atoms with van der Waals surface area (Å²) in [7, 11) is 0. The molecule has 3 fully saturated rings. The Morgan fingerprint density at radius 1 is 1.03 bits per heavy atom. The third-order valence-electron chi connectivity index (χ3n) is 8.26. The van der Waals surface area contributed by atoms with Gasteiger partial charge in [0, 0.05) is 30.7 Å². The van der Waals surface area contributed by atoms with Gasteiger partial charge in [-0.05, 0) is 62.8 Å². The van der Waals surface area contributed by atoms with E-state index in [1.54, 1.807) is 16.8 Å². The second-order valence-electron chi connectivity index (χ2n) is 11.3. The molecule has 1 aromatic carbocycles. The minimum atomic E-state index is -1.07. The Balaban J connectivity index is 1.11. The van der Waals surface area contributed by atoms with Crippen LogP contribution in [0.4, 0.5) is 10.5 Å². The second-order valence-corrected chi connectivity index (χ2v) is 11.3. The number of nitrogens with one attached hydrogen (secondary N) is 2. The van der Waals surface area contributed by atoms with Crippen molar-refractivity contribution in [3.05, 3.63) is 47.1 Å². The van der Waals surface area contributed by atoms with E-state index in [0.29, 0.717) is 48.3 Å². The monoisotopic (exact) mass is 533 g/mol. The first kappa shape index (κ1) is 25.5. The Kier molecular flexibility index (Phi) is 6.84. The van der Waals surface area contributed by atoms with E-state index in [9.17, 15) is 19.5 Å². The van der Waals surface area contributed by atoms with E-state index < -0.39 is 5.60 Å². The normalized spacial score (nSPS) is 19.7. The van der Waals surface area contributed by atoms with Crippen molar-refractivity contribution in [2.45, 2.75) is 76.0 Å². The number of amides is 3. The molecule has 3 heterocycles. The van der Waals surface area contributed by atoms with Gasteiger partial charge in [0.05, 0.1) is 24.0 Å². The first-order valence-corrected chi connectivity index (χ1v) is 14.0. The number of fused-ring (bicyclic) bond motifs is 1. The van der Waals surface area contributed by atoms with Crippen molar-refractivity contribution in [3.63, 3.8) is 0 Å². The van der Waals surface area contributed by atoms with E-state index in [1.807, 2.05) is 17.0 Å². The quantitative estimate of drug-likeness (QED) is 0.446. The third-order valence-corrected chi connectivity index (χ3v) is 8.26. The van der Waals surface area contributed by atoms with Gasteiger partial charge in [-0.25, -0.2) is 14.5 Å². The molecule has 0 radical (unpaired) electrons. The maximum Gasteiger partial charge on any atom is 0.319 e. The Morgan fingerprint density at radius 2 is 1.74 bits per heavy atom. The molecule has 206 valence electrons. The fourth-order valence-corrected chi connectivity index (χ4v) is 5.74. The van der Waals surface area contributed by atoms with Crippen LogP contribution in [0.3, 0.4) is 0 Å². The number of benzene rings is 1. The number of aliphatic hydroxyl groups is 1. The largest absolute Gasteiger partial charge is 0.388 e. The van der Waals surface area contributed by atoms with E-state index in [-0.39, 0.29) is 36.0 Å². The Labute approximate surface area is 226 Å². The number of nitrogens with zero attached hydrogens (tertiary/aromatic N) is 5. The Hall–Kier alpha value is -3.73. The first-order valence-electron chi connectivity index (χ1n) is 14.0. The summed E-state index contributed by atoms with van der Waals surface area (Å²) in [6.45, 7) is 1.12. The Bertz CT molecular complexity index is 1410. The summed E-state index contributed by atoms with van der Waals surface area (Å²) in [5.41, 5.74) is 0.454. The van der Waals surface area contributed by atoms with Crippen LogP contribution in [0.2, 0.25) is 0 Å². The zero-order valence-electron chi connectivity index (χ0n) is 22.0. The molecule has 3 N–H and O–H groups in total. The van der Waals surface area contributed by atoms with E-state index in [2.05, 4.69) is 20.7 Å². The lowest BCUT2D eigenvalue weighted by atomic mass is 9.91. The van der Waals surface area contributed by atoms with Crippen molar-refractivity contribution in [1.29, 1.82) is 0 Å². The predicted octanol–water partition coefficient (Wildman–Crippen LogP) is 2.80. The van der Waals surface area contributed by atoms with Gasteiger partial charge in [-0.15, -0.1) is 0 Å². The molecule has 0 atom stereocenters. The summed E-state index contributed by atoms with van der Waals surface area (Å²) in [5.74, 6) is 0.358. The maximum absolute atomic E-state index is 13.2. The summed E-state index contributed by atoms with van der Waals surface area (Å²) in [6, 6.07) is 7.24. The van der Waals surface area contributed by atoms with Crippen LogP contribution >= 0.6 is 0 Å². The van der Waals surface area contributed by atoms with E-state index in [0.717, 1.165) is 38.5 Å². The number of urea groups is 1. The molecule has 11 heteroatoms. The highest BCUT2D eigenvalue weighted by Crippen LogP contribution is 2.33. The number of hydrogen-bond donors (Lipinski definition) is 3. The minimum Gasteiger partial charge on any atom is -0.388 e. The first-order chi connectivity index (χ1) is 18.9. The SMILES string of the molecule is O=C(Nc1ccc(-n2ncc3c(=O)n(CC4(O)CCN(C(=O)C5CC5)CC4)cnc32)cc1)NC1CCCCC1. The van der Waals surface area contributed by atoms with Crippen LogP contribution in [0.1, 0.15) is 57.8 Å². The number of piperidine rings is 1. The zero-order chi connectivity index (χ0) is 27.0. The van der Waals surface area contributed by atoms with E-state index >= 15 is 0 Å². The Morgan fingerprint density at radius 3 is 2.44 bits per heavy atom. The number of aromatic nitrogens is 4. The fraction of sp³-hybridized carbons (Fsp3) is 0.536. The van der Waals surface area contributed by atoms with Crippen molar-refractivity contribution in [2.24, 2.45) is 5.92 Å². The van der Waals surface area contributed by atoms with E-state index in [4.69, 9.17) is 0 Å². The van der Waals surface area contributed by atoms with Gasteiger partial charge < -0.3 is 20.6 Å². The summed E-state index contributed by atoms with van der Waals surface area (Å²) < 4.78 is 3.02. The smallest absolute Gasteiger partial charge is 0.319 e. The highest BCUT2D eigenvalue weighted by Gasteiger charge is 2.39. The lowest BCUT2D eigenvalue weighted by molar-refractivity contribution is -0.137. The van der Waals surface area contributed by atoms with Gasteiger partial charge in [0.2, 0.25) is 5.91 Å². The van der Waals surface area contributed by atoms with Crippen molar-refractivity contribution >= 4 is 28.7 Å². The molecule has 1 saturated heterocycles. The maximum atomic E-state index is 13.2. The second kappa shape index (κ2) is 10.4. The number of likely N-dealkylation sites (tertiary alicyclic amines) is 1. The van der Waals surface area contributed by atoms with Gasteiger partial charge >= 0.3 is 6.03 Å². The van der Waals surface area contributed by atoms with Gasteiger partial charge in [0.15, 0.2) is 5.65 Å². The van der Waals surface area contributed by atoms with Crippen LogP contribution in [-0.4, -0.2) is 66.0 Å². The zero-order valence-corrected chi connectivity index (χ0v) is 22.0. The number of hydrogen-bond acceptors (Lipinski definition) is 6. The lowest BCUT2D eigenvalue weighted by Crippen LogP contribution is -2.50. The molecule has 2 aromatic heterocycles. The van der Waals surface area contributed by atoms with Crippen molar-refractivity contribution in [2.75, 3.05) is 18.4 Å². The molecule has 0 spiro atoms. The fourth-order valence-electron chi connectivity index (χ4n) is 5.74. The molecule has 1 aliphatic heterocycles.